The zero-order valence-electron chi connectivity index (χ0n) is 12.0. The molecule has 2 fully saturated rings. The van der Waals surface area contributed by atoms with Gasteiger partial charge in [0.15, 0.2) is 0 Å². The maximum atomic E-state index is 12.3. The Balaban J connectivity index is 0.00000147. The van der Waals surface area contributed by atoms with Gasteiger partial charge in [-0.2, -0.15) is 0 Å². The maximum Gasteiger partial charge on any atom is 0.227 e. The number of amides is 1. The van der Waals surface area contributed by atoms with Gasteiger partial charge >= 0.3 is 0 Å². The molecule has 0 aromatic heterocycles. The van der Waals surface area contributed by atoms with Crippen LogP contribution in [0, 0.1) is 12.8 Å². The zero-order valence-corrected chi connectivity index (χ0v) is 12.8. The van der Waals surface area contributed by atoms with Crippen LogP contribution in [-0.4, -0.2) is 36.5 Å². The topological polar surface area (TPSA) is 32.3 Å². The second-order valence-electron chi connectivity index (χ2n) is 5.90. The summed E-state index contributed by atoms with van der Waals surface area (Å²) in [6.07, 6.45) is 2.88. The Labute approximate surface area is 127 Å². The molecule has 110 valence electrons. The summed E-state index contributed by atoms with van der Waals surface area (Å²) in [7, 11) is 0. The van der Waals surface area contributed by atoms with Gasteiger partial charge in [0, 0.05) is 19.1 Å². The Morgan fingerprint density at radius 1 is 1.30 bits per heavy atom. The highest BCUT2D eigenvalue weighted by Crippen LogP contribution is 2.24. The molecule has 4 heteroatoms. The molecule has 1 aromatic carbocycles. The largest absolute Gasteiger partial charge is 0.342 e. The number of fused-ring (bicyclic) bond motifs is 1. The molecule has 1 aromatic rings. The van der Waals surface area contributed by atoms with E-state index < -0.39 is 0 Å². The number of aryl methyl sites for hydroxylation is 1. The number of carbonyl (C=O) groups excluding carboxylic acids is 1. The second kappa shape index (κ2) is 6.59. The van der Waals surface area contributed by atoms with Gasteiger partial charge in [-0.15, -0.1) is 12.4 Å². The molecule has 1 N–H and O–H groups in total. The number of piperidine rings is 1. The summed E-state index contributed by atoms with van der Waals surface area (Å²) in [4.78, 5) is 14.4. The molecule has 0 saturated carbocycles. The second-order valence-corrected chi connectivity index (χ2v) is 5.90. The Bertz CT molecular complexity index is 460. The fourth-order valence-corrected chi connectivity index (χ4v) is 3.27. The minimum absolute atomic E-state index is 0. The first-order valence-electron chi connectivity index (χ1n) is 7.29. The molecular weight excluding hydrogens is 272 g/mol. The smallest absolute Gasteiger partial charge is 0.227 e. The van der Waals surface area contributed by atoms with Crippen molar-refractivity contribution in [2.24, 2.45) is 5.92 Å². The average Bonchev–Trinajstić information content (AvgIpc) is 2.88. The summed E-state index contributed by atoms with van der Waals surface area (Å²) in [6, 6.07) is 8.95. The van der Waals surface area contributed by atoms with Gasteiger partial charge in [-0.25, -0.2) is 0 Å². The van der Waals surface area contributed by atoms with Crippen LogP contribution < -0.4 is 5.32 Å². The molecule has 0 bridgehead atoms. The van der Waals surface area contributed by atoms with E-state index in [4.69, 9.17) is 0 Å². The lowest BCUT2D eigenvalue weighted by Crippen LogP contribution is -2.47. The van der Waals surface area contributed by atoms with Crippen molar-refractivity contribution >= 4 is 18.3 Å². The number of benzene rings is 1. The summed E-state index contributed by atoms with van der Waals surface area (Å²) in [5, 5.41) is 3.54. The van der Waals surface area contributed by atoms with E-state index in [9.17, 15) is 4.79 Å². The lowest BCUT2D eigenvalue weighted by atomic mass is 9.93. The Morgan fingerprint density at radius 3 is 2.80 bits per heavy atom. The molecular formula is C16H23ClN2O. The first kappa shape index (κ1) is 15.3. The highest BCUT2D eigenvalue weighted by Gasteiger charge is 2.34. The molecule has 2 saturated heterocycles. The van der Waals surface area contributed by atoms with Crippen molar-refractivity contribution in [1.82, 2.24) is 10.2 Å². The molecule has 0 aliphatic carbocycles. The van der Waals surface area contributed by atoms with Crippen LogP contribution in [0.1, 0.15) is 24.0 Å². The van der Waals surface area contributed by atoms with Gasteiger partial charge < -0.3 is 10.2 Å². The minimum Gasteiger partial charge on any atom is -0.342 e. The molecule has 3 rings (SSSR count). The summed E-state index contributed by atoms with van der Waals surface area (Å²) in [5.41, 5.74) is 2.37. The molecule has 2 heterocycles. The molecule has 1 amide bonds. The van der Waals surface area contributed by atoms with E-state index in [-0.39, 0.29) is 18.3 Å². The van der Waals surface area contributed by atoms with Gasteiger partial charge in [-0.05, 0) is 37.8 Å². The SMILES string of the molecule is Cc1ccc(CC(=O)N2CCC3NCCC3C2)cc1.Cl. The van der Waals surface area contributed by atoms with Gasteiger partial charge in [0.1, 0.15) is 0 Å². The Hall–Kier alpha value is -1.06. The molecule has 20 heavy (non-hydrogen) atoms. The van der Waals surface area contributed by atoms with E-state index >= 15 is 0 Å². The molecule has 3 nitrogen and oxygen atoms in total. The molecule has 0 spiro atoms. The fourth-order valence-electron chi connectivity index (χ4n) is 3.27. The van der Waals surface area contributed by atoms with Crippen molar-refractivity contribution in [2.45, 2.75) is 32.2 Å². The number of carbonyl (C=O) groups is 1. The molecule has 2 aliphatic heterocycles. The van der Waals surface area contributed by atoms with Crippen molar-refractivity contribution in [3.05, 3.63) is 35.4 Å². The van der Waals surface area contributed by atoms with E-state index in [0.29, 0.717) is 18.4 Å². The number of hydrogen-bond donors (Lipinski definition) is 1. The summed E-state index contributed by atoms with van der Waals surface area (Å²) >= 11 is 0. The van der Waals surface area contributed by atoms with Gasteiger partial charge in [0.2, 0.25) is 5.91 Å². The van der Waals surface area contributed by atoms with Gasteiger partial charge in [-0.3, -0.25) is 4.79 Å². The van der Waals surface area contributed by atoms with Gasteiger partial charge in [-0.1, -0.05) is 29.8 Å². The number of rotatable bonds is 2. The van der Waals surface area contributed by atoms with E-state index in [1.807, 2.05) is 0 Å². The number of likely N-dealkylation sites (tertiary alicyclic amines) is 1. The van der Waals surface area contributed by atoms with Gasteiger partial charge in [0.05, 0.1) is 6.42 Å². The first-order chi connectivity index (χ1) is 9.22. The van der Waals surface area contributed by atoms with Crippen molar-refractivity contribution in [2.75, 3.05) is 19.6 Å². The lowest BCUT2D eigenvalue weighted by molar-refractivity contribution is -0.132. The van der Waals surface area contributed by atoms with Crippen LogP contribution in [0.25, 0.3) is 0 Å². The van der Waals surface area contributed by atoms with Gasteiger partial charge in [0.25, 0.3) is 0 Å². The predicted molar refractivity (Wildman–Crippen MR) is 83.2 cm³/mol. The van der Waals surface area contributed by atoms with Crippen LogP contribution in [0.4, 0.5) is 0 Å². The Morgan fingerprint density at radius 2 is 2.05 bits per heavy atom. The maximum absolute atomic E-state index is 12.3. The summed E-state index contributed by atoms with van der Waals surface area (Å²) in [5.74, 6) is 0.963. The van der Waals surface area contributed by atoms with Crippen LogP contribution in [-0.2, 0) is 11.2 Å². The van der Waals surface area contributed by atoms with Crippen LogP contribution in [0.3, 0.4) is 0 Å². The third kappa shape index (κ3) is 3.33. The van der Waals surface area contributed by atoms with Crippen LogP contribution in [0.15, 0.2) is 24.3 Å². The zero-order chi connectivity index (χ0) is 13.2. The van der Waals surface area contributed by atoms with Crippen molar-refractivity contribution in [1.29, 1.82) is 0 Å². The third-order valence-electron chi connectivity index (χ3n) is 4.48. The fraction of sp³-hybridized carbons (Fsp3) is 0.562. The molecule has 2 aliphatic rings. The van der Waals surface area contributed by atoms with Crippen molar-refractivity contribution < 1.29 is 4.79 Å². The summed E-state index contributed by atoms with van der Waals surface area (Å²) < 4.78 is 0. The van der Waals surface area contributed by atoms with Crippen molar-refractivity contribution in [3.63, 3.8) is 0 Å². The van der Waals surface area contributed by atoms with E-state index in [0.717, 1.165) is 31.6 Å². The molecule has 2 atom stereocenters. The molecule has 0 radical (unpaired) electrons. The third-order valence-corrected chi connectivity index (χ3v) is 4.48. The highest BCUT2D eigenvalue weighted by atomic mass is 35.5. The quantitative estimate of drug-likeness (QED) is 0.907. The average molecular weight is 295 g/mol. The minimum atomic E-state index is 0. The first-order valence-corrected chi connectivity index (χ1v) is 7.29. The van der Waals surface area contributed by atoms with Crippen LogP contribution >= 0.6 is 12.4 Å². The normalized spacial score (nSPS) is 24.9. The van der Waals surface area contributed by atoms with E-state index in [2.05, 4.69) is 41.4 Å². The highest BCUT2D eigenvalue weighted by molar-refractivity contribution is 5.85. The summed E-state index contributed by atoms with van der Waals surface area (Å²) in [6.45, 7) is 5.06. The Kier molecular flexibility index (Phi) is 5.06. The lowest BCUT2D eigenvalue weighted by Gasteiger charge is -2.35. The van der Waals surface area contributed by atoms with Crippen molar-refractivity contribution in [3.8, 4) is 0 Å². The van der Waals surface area contributed by atoms with E-state index in [1.165, 1.54) is 12.0 Å². The molecule has 2 unspecified atom stereocenters. The number of hydrogen-bond acceptors (Lipinski definition) is 2. The number of halogens is 1. The number of nitrogens with zero attached hydrogens (tertiary/aromatic N) is 1. The number of nitrogens with one attached hydrogen (secondary N) is 1. The van der Waals surface area contributed by atoms with Crippen LogP contribution in [0.5, 0.6) is 0 Å². The predicted octanol–water partition coefficient (Wildman–Crippen LogP) is 2.17. The van der Waals surface area contributed by atoms with Crippen LogP contribution in [0.2, 0.25) is 0 Å². The van der Waals surface area contributed by atoms with E-state index in [1.54, 1.807) is 0 Å². The monoisotopic (exact) mass is 294 g/mol. The standard InChI is InChI=1S/C16H22N2O.ClH/c1-12-2-4-13(5-3-12)10-16(19)18-9-7-15-14(11-18)6-8-17-15;/h2-5,14-15,17H,6-11H2,1H3;1H.